The number of ether oxygens (including phenoxy) is 3. The maximum absolute atomic E-state index is 10.3. The monoisotopic (exact) mass is 156 g/mol. The van der Waals surface area contributed by atoms with Gasteiger partial charge in [-0.15, -0.1) is 6.42 Å². The second-order valence-electron chi connectivity index (χ2n) is 2.02. The van der Waals surface area contributed by atoms with Gasteiger partial charge in [0.1, 0.15) is 13.2 Å². The lowest BCUT2D eigenvalue weighted by Crippen LogP contribution is -2.17. The molecule has 4 nitrogen and oxygen atoms in total. The summed E-state index contributed by atoms with van der Waals surface area (Å²) in [6, 6.07) is 0. The van der Waals surface area contributed by atoms with Crippen molar-refractivity contribution in [2.75, 3.05) is 19.8 Å². The predicted octanol–water partition coefficient (Wildman–Crippen LogP) is 0.172. The van der Waals surface area contributed by atoms with Crippen LogP contribution in [0, 0.1) is 12.3 Å². The molecular formula is C7H8O4. The number of carbonyl (C=O) groups excluding carboxylic acids is 1. The molecule has 60 valence electrons. The normalized spacial score (nSPS) is 22.1. The third kappa shape index (κ3) is 2.48. The number of terminal acetylenes is 1. The maximum atomic E-state index is 10.3. The molecule has 0 aromatic carbocycles. The molecule has 0 radical (unpaired) electrons. The Hall–Kier alpha value is -1.21. The largest absolute Gasteiger partial charge is 0.508 e. The van der Waals surface area contributed by atoms with Gasteiger partial charge in [-0.2, -0.15) is 0 Å². The molecule has 0 N–H and O–H groups in total. The van der Waals surface area contributed by atoms with E-state index in [2.05, 4.69) is 15.4 Å². The van der Waals surface area contributed by atoms with Crippen LogP contribution in [0.5, 0.6) is 0 Å². The van der Waals surface area contributed by atoms with Crippen molar-refractivity contribution in [1.82, 2.24) is 0 Å². The van der Waals surface area contributed by atoms with E-state index < -0.39 is 6.16 Å². The van der Waals surface area contributed by atoms with Gasteiger partial charge in [-0.05, 0) is 0 Å². The molecule has 1 saturated heterocycles. The summed E-state index contributed by atoms with van der Waals surface area (Å²) in [5, 5.41) is 0. The molecule has 4 heteroatoms. The lowest BCUT2D eigenvalue weighted by Gasteiger charge is -2.03. The molecule has 0 bridgehead atoms. The molecule has 1 fully saturated rings. The summed E-state index contributed by atoms with van der Waals surface area (Å²) >= 11 is 0. The van der Waals surface area contributed by atoms with E-state index in [9.17, 15) is 4.79 Å². The zero-order chi connectivity index (χ0) is 8.10. The standard InChI is InChI=1S/C7H8O4/c1-2-3-9-4-6-5-10-7(8)11-6/h1,6H,3-5H2. The van der Waals surface area contributed by atoms with Crippen molar-refractivity contribution in [3.63, 3.8) is 0 Å². The van der Waals surface area contributed by atoms with Crippen LogP contribution in [0.1, 0.15) is 0 Å². The fourth-order valence-electron chi connectivity index (χ4n) is 0.697. The van der Waals surface area contributed by atoms with Crippen LogP contribution in [0.3, 0.4) is 0 Å². The van der Waals surface area contributed by atoms with Gasteiger partial charge in [0.2, 0.25) is 0 Å². The first-order valence-electron chi connectivity index (χ1n) is 3.17. The van der Waals surface area contributed by atoms with E-state index >= 15 is 0 Å². The molecule has 0 spiro atoms. The molecule has 1 heterocycles. The molecule has 0 amide bonds. The van der Waals surface area contributed by atoms with E-state index in [1.807, 2.05) is 0 Å². The Morgan fingerprint density at radius 2 is 2.64 bits per heavy atom. The van der Waals surface area contributed by atoms with Gasteiger partial charge in [-0.3, -0.25) is 0 Å². The minimum absolute atomic E-state index is 0.230. The average molecular weight is 156 g/mol. The molecule has 1 rings (SSSR count). The van der Waals surface area contributed by atoms with E-state index in [4.69, 9.17) is 11.2 Å². The molecular weight excluding hydrogens is 148 g/mol. The van der Waals surface area contributed by atoms with Crippen molar-refractivity contribution in [2.45, 2.75) is 6.10 Å². The van der Waals surface area contributed by atoms with Crippen LogP contribution in [0.2, 0.25) is 0 Å². The summed E-state index contributed by atoms with van der Waals surface area (Å²) in [4.78, 5) is 10.3. The van der Waals surface area contributed by atoms with Crippen LogP contribution in [0.15, 0.2) is 0 Å². The number of hydrogen-bond acceptors (Lipinski definition) is 4. The number of carbonyl (C=O) groups is 1. The second kappa shape index (κ2) is 3.84. The van der Waals surface area contributed by atoms with Crippen LogP contribution in [-0.4, -0.2) is 32.1 Å². The first kappa shape index (κ1) is 7.89. The van der Waals surface area contributed by atoms with Crippen molar-refractivity contribution < 1.29 is 19.0 Å². The van der Waals surface area contributed by atoms with Crippen molar-refractivity contribution in [1.29, 1.82) is 0 Å². The van der Waals surface area contributed by atoms with Gasteiger partial charge in [0, 0.05) is 0 Å². The Morgan fingerprint density at radius 1 is 1.82 bits per heavy atom. The number of cyclic esters (lactones) is 2. The highest BCUT2D eigenvalue weighted by Crippen LogP contribution is 2.05. The predicted molar refractivity (Wildman–Crippen MR) is 35.9 cm³/mol. The van der Waals surface area contributed by atoms with Crippen LogP contribution in [0.25, 0.3) is 0 Å². The molecule has 0 aromatic rings. The van der Waals surface area contributed by atoms with Crippen molar-refractivity contribution >= 4 is 6.16 Å². The zero-order valence-corrected chi connectivity index (χ0v) is 5.91. The third-order valence-electron chi connectivity index (χ3n) is 1.14. The summed E-state index contributed by atoms with van der Waals surface area (Å²) in [5.74, 6) is 2.30. The molecule has 0 aromatic heterocycles. The highest BCUT2D eigenvalue weighted by molar-refractivity contribution is 5.61. The Kier molecular flexibility index (Phi) is 2.75. The molecule has 1 aliphatic heterocycles. The quantitative estimate of drug-likeness (QED) is 0.332. The molecule has 0 aliphatic carbocycles. The van der Waals surface area contributed by atoms with E-state index in [1.165, 1.54) is 0 Å². The Balaban J connectivity index is 2.09. The SMILES string of the molecule is C#CCOCC1COC(=O)O1. The van der Waals surface area contributed by atoms with Crippen LogP contribution < -0.4 is 0 Å². The number of hydrogen-bond donors (Lipinski definition) is 0. The van der Waals surface area contributed by atoms with Crippen LogP contribution in [-0.2, 0) is 14.2 Å². The average Bonchev–Trinajstić information content (AvgIpc) is 2.37. The lowest BCUT2D eigenvalue weighted by molar-refractivity contribution is 0.0596. The van der Waals surface area contributed by atoms with E-state index in [1.54, 1.807) is 0 Å². The third-order valence-corrected chi connectivity index (χ3v) is 1.14. The minimum Gasteiger partial charge on any atom is -0.430 e. The lowest BCUT2D eigenvalue weighted by atomic mass is 10.4. The molecule has 1 unspecified atom stereocenters. The molecule has 11 heavy (non-hydrogen) atoms. The first-order chi connectivity index (χ1) is 5.33. The van der Waals surface area contributed by atoms with Crippen LogP contribution >= 0.6 is 0 Å². The van der Waals surface area contributed by atoms with E-state index in [0.717, 1.165) is 0 Å². The van der Waals surface area contributed by atoms with Gasteiger partial charge in [0.25, 0.3) is 0 Å². The Labute approximate surface area is 64.4 Å². The molecule has 1 aliphatic rings. The van der Waals surface area contributed by atoms with Crippen molar-refractivity contribution in [3.05, 3.63) is 0 Å². The summed E-state index contributed by atoms with van der Waals surface area (Å²) in [7, 11) is 0. The second-order valence-corrected chi connectivity index (χ2v) is 2.02. The first-order valence-corrected chi connectivity index (χ1v) is 3.17. The highest BCUT2D eigenvalue weighted by Gasteiger charge is 2.24. The van der Waals surface area contributed by atoms with E-state index in [0.29, 0.717) is 6.61 Å². The molecule has 0 saturated carbocycles. The minimum atomic E-state index is -0.640. The van der Waals surface area contributed by atoms with Gasteiger partial charge < -0.3 is 14.2 Å². The Bertz CT molecular complexity index is 181. The van der Waals surface area contributed by atoms with Crippen molar-refractivity contribution in [3.8, 4) is 12.3 Å². The highest BCUT2D eigenvalue weighted by atomic mass is 16.8. The summed E-state index contributed by atoms with van der Waals surface area (Å²) in [5.41, 5.74) is 0. The number of rotatable bonds is 3. The van der Waals surface area contributed by atoms with Crippen molar-refractivity contribution in [2.24, 2.45) is 0 Å². The fraction of sp³-hybridized carbons (Fsp3) is 0.571. The van der Waals surface area contributed by atoms with Gasteiger partial charge in [0.15, 0.2) is 6.10 Å². The smallest absolute Gasteiger partial charge is 0.430 e. The zero-order valence-electron chi connectivity index (χ0n) is 5.91. The maximum Gasteiger partial charge on any atom is 0.508 e. The van der Waals surface area contributed by atoms with Gasteiger partial charge in [-0.25, -0.2) is 4.79 Å². The summed E-state index contributed by atoms with van der Waals surface area (Å²) in [6.07, 6.45) is 3.99. The van der Waals surface area contributed by atoms with Crippen LogP contribution in [0.4, 0.5) is 4.79 Å². The molecule has 1 atom stereocenters. The fourth-order valence-corrected chi connectivity index (χ4v) is 0.697. The summed E-state index contributed by atoms with van der Waals surface area (Å²) in [6.45, 7) is 0.785. The van der Waals surface area contributed by atoms with Gasteiger partial charge >= 0.3 is 6.16 Å². The topological polar surface area (TPSA) is 44.8 Å². The van der Waals surface area contributed by atoms with Gasteiger partial charge in [0.05, 0.1) is 6.61 Å². The van der Waals surface area contributed by atoms with E-state index in [-0.39, 0.29) is 19.3 Å². The van der Waals surface area contributed by atoms with Gasteiger partial charge in [-0.1, -0.05) is 5.92 Å². The summed E-state index contributed by atoms with van der Waals surface area (Å²) < 4.78 is 14.1. The Morgan fingerprint density at radius 3 is 3.18 bits per heavy atom.